The lowest BCUT2D eigenvalue weighted by molar-refractivity contribution is -0.0704. The van der Waals surface area contributed by atoms with Crippen LogP contribution in [0.1, 0.15) is 26.3 Å². The average Bonchev–Trinajstić information content (AvgIpc) is 2.37. The Labute approximate surface area is 128 Å². The van der Waals surface area contributed by atoms with E-state index in [1.54, 1.807) is 7.11 Å². The normalized spacial score (nSPS) is 24.8. The van der Waals surface area contributed by atoms with Crippen LogP contribution in [0.15, 0.2) is 24.3 Å². The van der Waals surface area contributed by atoms with Crippen molar-refractivity contribution < 1.29 is 9.47 Å². The molecule has 4 nitrogen and oxygen atoms in total. The Morgan fingerprint density at radius 2 is 2.05 bits per heavy atom. The second kappa shape index (κ2) is 7.78. The fraction of sp³-hybridized carbons (Fsp3) is 0.647. The maximum Gasteiger partial charge on any atom is 0.0678 e. The second-order valence-electron chi connectivity index (χ2n) is 6.15. The molecule has 1 aliphatic rings. The summed E-state index contributed by atoms with van der Waals surface area (Å²) in [7, 11) is 1.73. The first-order valence-electron chi connectivity index (χ1n) is 7.79. The standard InChI is InChI=1S/C17H28N2O2/c1-13(12-20-4)18-17-7-5-6-16(8-17)11-19-9-14(2)21-15(3)10-19/h5-8,13-15,18H,9-12H2,1-4H3/t13-,14-,15+/m1/s1. The molecule has 1 N–H and O–H groups in total. The van der Waals surface area contributed by atoms with Crippen molar-refractivity contribution in [3.05, 3.63) is 29.8 Å². The van der Waals surface area contributed by atoms with Gasteiger partial charge in [-0.2, -0.15) is 0 Å². The van der Waals surface area contributed by atoms with Gasteiger partial charge in [-0.05, 0) is 38.5 Å². The number of methoxy groups -OCH3 is 1. The summed E-state index contributed by atoms with van der Waals surface area (Å²) >= 11 is 0. The van der Waals surface area contributed by atoms with Gasteiger partial charge in [-0.1, -0.05) is 12.1 Å². The molecule has 0 amide bonds. The minimum atomic E-state index is 0.314. The molecule has 4 heteroatoms. The highest BCUT2D eigenvalue weighted by atomic mass is 16.5. The average molecular weight is 292 g/mol. The highest BCUT2D eigenvalue weighted by Crippen LogP contribution is 2.17. The summed E-state index contributed by atoms with van der Waals surface area (Å²) in [4.78, 5) is 2.47. The number of nitrogens with zero attached hydrogens (tertiary/aromatic N) is 1. The van der Waals surface area contributed by atoms with E-state index in [0.29, 0.717) is 24.9 Å². The summed E-state index contributed by atoms with van der Waals surface area (Å²) in [5.74, 6) is 0. The molecule has 1 aromatic carbocycles. The lowest BCUT2D eigenvalue weighted by Gasteiger charge is -2.35. The Balaban J connectivity index is 1.94. The van der Waals surface area contributed by atoms with E-state index in [0.717, 1.165) is 25.3 Å². The van der Waals surface area contributed by atoms with E-state index >= 15 is 0 Å². The predicted molar refractivity (Wildman–Crippen MR) is 86.7 cm³/mol. The molecule has 0 aromatic heterocycles. The molecule has 1 saturated heterocycles. The van der Waals surface area contributed by atoms with E-state index in [1.807, 2.05) is 0 Å². The number of hydrogen-bond donors (Lipinski definition) is 1. The van der Waals surface area contributed by atoms with Gasteiger partial charge in [0, 0.05) is 38.5 Å². The van der Waals surface area contributed by atoms with Gasteiger partial charge < -0.3 is 14.8 Å². The summed E-state index contributed by atoms with van der Waals surface area (Å²) in [6.07, 6.45) is 0.633. The van der Waals surface area contributed by atoms with E-state index in [9.17, 15) is 0 Å². The molecule has 2 rings (SSSR count). The molecular weight excluding hydrogens is 264 g/mol. The molecule has 1 fully saturated rings. The van der Waals surface area contributed by atoms with Crippen LogP contribution in [-0.2, 0) is 16.0 Å². The molecule has 1 aromatic rings. The van der Waals surface area contributed by atoms with E-state index in [-0.39, 0.29) is 0 Å². The SMILES string of the molecule is COC[C@@H](C)Nc1cccc(CN2C[C@@H](C)O[C@@H](C)C2)c1. The van der Waals surface area contributed by atoms with Gasteiger partial charge in [0.15, 0.2) is 0 Å². The third-order valence-electron chi connectivity index (χ3n) is 3.66. The van der Waals surface area contributed by atoms with Gasteiger partial charge in [-0.25, -0.2) is 0 Å². The number of ether oxygens (including phenoxy) is 2. The van der Waals surface area contributed by atoms with Crippen molar-refractivity contribution in [2.75, 3.05) is 32.1 Å². The van der Waals surface area contributed by atoms with Crippen LogP contribution in [0.3, 0.4) is 0 Å². The maximum absolute atomic E-state index is 5.79. The molecule has 0 saturated carbocycles. The zero-order chi connectivity index (χ0) is 15.2. The zero-order valence-corrected chi connectivity index (χ0v) is 13.6. The molecule has 0 unspecified atom stereocenters. The minimum absolute atomic E-state index is 0.314. The van der Waals surface area contributed by atoms with Crippen LogP contribution in [0.4, 0.5) is 5.69 Å². The first-order valence-corrected chi connectivity index (χ1v) is 7.79. The maximum atomic E-state index is 5.79. The van der Waals surface area contributed by atoms with Crippen molar-refractivity contribution in [2.24, 2.45) is 0 Å². The van der Waals surface area contributed by atoms with Crippen LogP contribution in [0.2, 0.25) is 0 Å². The lowest BCUT2D eigenvalue weighted by atomic mass is 10.1. The van der Waals surface area contributed by atoms with Crippen LogP contribution < -0.4 is 5.32 Å². The number of benzene rings is 1. The molecule has 0 aliphatic carbocycles. The fourth-order valence-corrected chi connectivity index (χ4v) is 3.01. The van der Waals surface area contributed by atoms with Crippen molar-refractivity contribution in [1.82, 2.24) is 4.90 Å². The van der Waals surface area contributed by atoms with Gasteiger partial charge in [-0.15, -0.1) is 0 Å². The van der Waals surface area contributed by atoms with Crippen LogP contribution in [-0.4, -0.2) is 50.0 Å². The summed E-state index contributed by atoms with van der Waals surface area (Å²) in [5.41, 5.74) is 2.50. The van der Waals surface area contributed by atoms with Crippen molar-refractivity contribution in [2.45, 2.75) is 45.6 Å². The van der Waals surface area contributed by atoms with Crippen molar-refractivity contribution in [3.8, 4) is 0 Å². The van der Waals surface area contributed by atoms with Crippen LogP contribution in [0.25, 0.3) is 0 Å². The Bertz CT molecular complexity index is 429. The summed E-state index contributed by atoms with van der Waals surface area (Å²) in [6, 6.07) is 8.97. The molecule has 0 bridgehead atoms. The Kier molecular flexibility index (Phi) is 6.03. The smallest absolute Gasteiger partial charge is 0.0678 e. The third-order valence-corrected chi connectivity index (χ3v) is 3.66. The monoisotopic (exact) mass is 292 g/mol. The molecule has 1 heterocycles. The van der Waals surface area contributed by atoms with Crippen molar-refractivity contribution in [1.29, 1.82) is 0 Å². The fourth-order valence-electron chi connectivity index (χ4n) is 3.01. The van der Waals surface area contributed by atoms with Gasteiger partial charge >= 0.3 is 0 Å². The summed E-state index contributed by atoms with van der Waals surface area (Å²) in [5, 5.41) is 3.47. The van der Waals surface area contributed by atoms with Gasteiger partial charge in [0.2, 0.25) is 0 Å². The van der Waals surface area contributed by atoms with Gasteiger partial charge in [0.05, 0.1) is 18.8 Å². The van der Waals surface area contributed by atoms with Crippen LogP contribution in [0.5, 0.6) is 0 Å². The summed E-state index contributed by atoms with van der Waals surface area (Å²) < 4.78 is 11.0. The first-order chi connectivity index (χ1) is 10.1. The number of anilines is 1. The molecule has 0 radical (unpaired) electrons. The number of hydrogen-bond acceptors (Lipinski definition) is 4. The third kappa shape index (κ3) is 5.30. The number of morpholine rings is 1. The van der Waals surface area contributed by atoms with Gasteiger partial charge in [0.1, 0.15) is 0 Å². The summed E-state index contributed by atoms with van der Waals surface area (Å²) in [6.45, 7) is 10.1. The lowest BCUT2D eigenvalue weighted by Crippen LogP contribution is -2.44. The molecule has 21 heavy (non-hydrogen) atoms. The molecule has 0 spiro atoms. The largest absolute Gasteiger partial charge is 0.383 e. The molecule has 118 valence electrons. The Morgan fingerprint density at radius 1 is 1.33 bits per heavy atom. The highest BCUT2D eigenvalue weighted by molar-refractivity contribution is 5.46. The van der Waals surface area contributed by atoms with Crippen LogP contribution >= 0.6 is 0 Å². The quantitative estimate of drug-likeness (QED) is 0.874. The Hall–Kier alpha value is -1.10. The molecular formula is C17H28N2O2. The number of rotatable bonds is 6. The zero-order valence-electron chi connectivity index (χ0n) is 13.6. The van der Waals surface area contributed by atoms with Gasteiger partial charge in [0.25, 0.3) is 0 Å². The second-order valence-corrected chi connectivity index (χ2v) is 6.15. The minimum Gasteiger partial charge on any atom is -0.383 e. The van der Waals surface area contributed by atoms with Gasteiger partial charge in [-0.3, -0.25) is 4.90 Å². The van der Waals surface area contributed by atoms with Crippen LogP contribution in [0, 0.1) is 0 Å². The topological polar surface area (TPSA) is 33.7 Å². The molecule has 3 atom stereocenters. The molecule has 1 aliphatic heterocycles. The first kappa shape index (κ1) is 16.3. The predicted octanol–water partition coefficient (Wildman–Crippen LogP) is 2.74. The van der Waals surface area contributed by atoms with E-state index < -0.39 is 0 Å². The van der Waals surface area contributed by atoms with E-state index in [2.05, 4.69) is 55.3 Å². The van der Waals surface area contributed by atoms with Crippen molar-refractivity contribution in [3.63, 3.8) is 0 Å². The Morgan fingerprint density at radius 3 is 2.71 bits per heavy atom. The van der Waals surface area contributed by atoms with Crippen molar-refractivity contribution >= 4 is 5.69 Å². The highest BCUT2D eigenvalue weighted by Gasteiger charge is 2.22. The van der Waals surface area contributed by atoms with E-state index in [4.69, 9.17) is 9.47 Å². The number of nitrogens with one attached hydrogen (secondary N) is 1. The van der Waals surface area contributed by atoms with E-state index in [1.165, 1.54) is 5.56 Å².